The largest absolute Gasteiger partial charge is 0.480 e. The molecule has 0 aliphatic rings. The molecule has 0 saturated carbocycles. The van der Waals surface area contributed by atoms with Crippen molar-refractivity contribution in [2.24, 2.45) is 0 Å². The Hall–Kier alpha value is -4.18. The van der Waals surface area contributed by atoms with Crippen LogP contribution in [-0.2, 0) is 21.4 Å². The van der Waals surface area contributed by atoms with E-state index in [2.05, 4.69) is 5.32 Å². The molecule has 0 heterocycles. The van der Waals surface area contributed by atoms with Gasteiger partial charge in [0.15, 0.2) is 0 Å². The van der Waals surface area contributed by atoms with E-state index in [-0.39, 0.29) is 12.3 Å². The van der Waals surface area contributed by atoms with Gasteiger partial charge in [-0.3, -0.25) is 4.79 Å². The molecule has 0 aromatic heterocycles. The molecule has 170 valence electrons. The maximum absolute atomic E-state index is 14.3. The topological polar surface area (TPSA) is 66.4 Å². The van der Waals surface area contributed by atoms with Crippen molar-refractivity contribution in [2.75, 3.05) is 0 Å². The van der Waals surface area contributed by atoms with Crippen LogP contribution in [0.15, 0.2) is 115 Å². The molecule has 4 aromatic rings. The van der Waals surface area contributed by atoms with Crippen LogP contribution in [0, 0.1) is 6.92 Å². The van der Waals surface area contributed by atoms with Crippen LogP contribution in [0.1, 0.15) is 27.8 Å². The van der Waals surface area contributed by atoms with Crippen LogP contribution in [0.2, 0.25) is 0 Å². The fourth-order valence-corrected chi connectivity index (χ4v) is 4.50. The second kappa shape index (κ2) is 10.2. The van der Waals surface area contributed by atoms with E-state index < -0.39 is 17.4 Å². The average molecular weight is 450 g/mol. The number of carboxylic acid groups (broad SMARTS) is 1. The third-order valence-electron chi connectivity index (χ3n) is 6.09. The minimum absolute atomic E-state index is 0.192. The normalized spacial score (nSPS) is 12.0. The Morgan fingerprint density at radius 1 is 0.735 bits per heavy atom. The summed E-state index contributed by atoms with van der Waals surface area (Å²) in [6, 6.07) is 35.2. The first-order valence-electron chi connectivity index (χ1n) is 11.3. The number of carboxylic acids is 1. The van der Waals surface area contributed by atoms with Crippen molar-refractivity contribution in [3.05, 3.63) is 143 Å². The number of carbonyl (C=O) groups excluding carboxylic acids is 1. The SMILES string of the molecule is Cc1cccc(C[C@@H](NC(=O)C(c2ccccc2)(c2ccccc2)c2ccccc2)C(=O)O)c1. The van der Waals surface area contributed by atoms with E-state index in [4.69, 9.17) is 0 Å². The van der Waals surface area contributed by atoms with E-state index in [0.717, 1.165) is 27.8 Å². The summed E-state index contributed by atoms with van der Waals surface area (Å²) < 4.78 is 0. The van der Waals surface area contributed by atoms with Gasteiger partial charge in [-0.25, -0.2) is 4.79 Å². The van der Waals surface area contributed by atoms with Gasteiger partial charge in [-0.15, -0.1) is 0 Å². The first kappa shape index (κ1) is 23.0. The number of hydrogen-bond donors (Lipinski definition) is 2. The van der Waals surface area contributed by atoms with Gasteiger partial charge in [0, 0.05) is 6.42 Å². The van der Waals surface area contributed by atoms with Crippen LogP contribution in [0.5, 0.6) is 0 Å². The number of hydrogen-bond acceptors (Lipinski definition) is 2. The second-order valence-corrected chi connectivity index (χ2v) is 8.41. The van der Waals surface area contributed by atoms with Gasteiger partial charge in [-0.2, -0.15) is 0 Å². The molecule has 0 saturated heterocycles. The predicted molar refractivity (Wildman–Crippen MR) is 134 cm³/mol. The number of aliphatic carboxylic acids is 1. The van der Waals surface area contributed by atoms with Crippen LogP contribution in [0.25, 0.3) is 0 Å². The van der Waals surface area contributed by atoms with Gasteiger partial charge < -0.3 is 10.4 Å². The van der Waals surface area contributed by atoms with Crippen molar-refractivity contribution < 1.29 is 14.7 Å². The summed E-state index contributed by atoms with van der Waals surface area (Å²) in [6.07, 6.45) is 0.192. The fraction of sp³-hybridized carbons (Fsp3) is 0.133. The zero-order valence-corrected chi connectivity index (χ0v) is 19.0. The minimum atomic E-state index is -1.22. The van der Waals surface area contributed by atoms with Crippen molar-refractivity contribution in [3.63, 3.8) is 0 Å². The highest BCUT2D eigenvalue weighted by atomic mass is 16.4. The van der Waals surface area contributed by atoms with E-state index in [1.54, 1.807) is 0 Å². The fourth-order valence-electron chi connectivity index (χ4n) is 4.50. The molecule has 1 amide bonds. The Bertz CT molecular complexity index is 1160. The molecule has 0 aliphatic carbocycles. The molecule has 4 aromatic carbocycles. The molecule has 0 aliphatic heterocycles. The third kappa shape index (κ3) is 4.62. The van der Waals surface area contributed by atoms with E-state index >= 15 is 0 Å². The summed E-state index contributed by atoms with van der Waals surface area (Å²) in [5.74, 6) is -1.45. The summed E-state index contributed by atoms with van der Waals surface area (Å²) in [7, 11) is 0. The molecule has 4 rings (SSSR count). The van der Waals surface area contributed by atoms with Gasteiger partial charge in [0.2, 0.25) is 5.91 Å². The highest BCUT2D eigenvalue weighted by molar-refractivity contribution is 5.98. The van der Waals surface area contributed by atoms with E-state index in [0.29, 0.717) is 0 Å². The Morgan fingerprint density at radius 3 is 1.62 bits per heavy atom. The molecule has 0 spiro atoms. The van der Waals surface area contributed by atoms with Gasteiger partial charge in [0.1, 0.15) is 11.5 Å². The van der Waals surface area contributed by atoms with Gasteiger partial charge in [-0.05, 0) is 29.2 Å². The quantitative estimate of drug-likeness (QED) is 0.366. The lowest BCUT2D eigenvalue weighted by Gasteiger charge is -2.35. The third-order valence-corrected chi connectivity index (χ3v) is 6.09. The van der Waals surface area contributed by atoms with E-state index in [1.807, 2.05) is 122 Å². The monoisotopic (exact) mass is 449 g/mol. The lowest BCUT2D eigenvalue weighted by Crippen LogP contribution is -2.52. The van der Waals surface area contributed by atoms with Crippen LogP contribution in [-0.4, -0.2) is 23.0 Å². The molecule has 4 nitrogen and oxygen atoms in total. The smallest absolute Gasteiger partial charge is 0.326 e. The number of aryl methyl sites for hydroxylation is 1. The summed E-state index contributed by atoms with van der Waals surface area (Å²) in [5, 5.41) is 12.9. The van der Waals surface area contributed by atoms with Gasteiger partial charge in [0.05, 0.1) is 0 Å². The minimum Gasteiger partial charge on any atom is -0.480 e. The maximum Gasteiger partial charge on any atom is 0.326 e. The van der Waals surface area contributed by atoms with Crippen LogP contribution in [0.3, 0.4) is 0 Å². The van der Waals surface area contributed by atoms with Crippen molar-refractivity contribution >= 4 is 11.9 Å². The van der Waals surface area contributed by atoms with Crippen LogP contribution < -0.4 is 5.32 Å². The number of amides is 1. The average Bonchev–Trinajstić information content (AvgIpc) is 2.86. The molecule has 0 fully saturated rings. The number of nitrogens with one attached hydrogen (secondary N) is 1. The molecule has 0 radical (unpaired) electrons. The van der Waals surface area contributed by atoms with Crippen molar-refractivity contribution in [2.45, 2.75) is 24.8 Å². The lowest BCUT2D eigenvalue weighted by molar-refractivity contribution is -0.142. The predicted octanol–water partition coefficient (Wildman–Crippen LogP) is 5.14. The van der Waals surface area contributed by atoms with Crippen LogP contribution in [0.4, 0.5) is 0 Å². The Balaban J connectivity index is 1.84. The second-order valence-electron chi connectivity index (χ2n) is 8.41. The molecule has 4 heteroatoms. The summed E-state index contributed by atoms with van der Waals surface area (Å²) in [6.45, 7) is 1.96. The first-order valence-corrected chi connectivity index (χ1v) is 11.3. The lowest BCUT2D eigenvalue weighted by atomic mass is 9.68. The van der Waals surface area contributed by atoms with E-state index in [9.17, 15) is 14.7 Å². The molecule has 0 bridgehead atoms. The van der Waals surface area contributed by atoms with Crippen molar-refractivity contribution in [3.8, 4) is 0 Å². The zero-order valence-electron chi connectivity index (χ0n) is 19.0. The van der Waals surface area contributed by atoms with Gasteiger partial charge in [0.25, 0.3) is 0 Å². The molecule has 2 N–H and O–H groups in total. The Kier molecular flexibility index (Phi) is 6.88. The Labute approximate surface area is 199 Å². The maximum atomic E-state index is 14.3. The zero-order chi connectivity index (χ0) is 24.0. The van der Waals surface area contributed by atoms with E-state index in [1.165, 1.54) is 0 Å². The first-order chi connectivity index (χ1) is 16.5. The highest BCUT2D eigenvalue weighted by Gasteiger charge is 2.45. The molecular formula is C30H27NO3. The van der Waals surface area contributed by atoms with Crippen molar-refractivity contribution in [1.29, 1.82) is 0 Å². The number of carbonyl (C=O) groups is 2. The molecule has 0 unspecified atom stereocenters. The highest BCUT2D eigenvalue weighted by Crippen LogP contribution is 2.39. The van der Waals surface area contributed by atoms with Gasteiger partial charge in [-0.1, -0.05) is 121 Å². The summed E-state index contributed by atoms with van der Waals surface area (Å²) in [4.78, 5) is 26.5. The Morgan fingerprint density at radius 2 is 1.21 bits per heavy atom. The number of rotatable bonds is 8. The summed E-state index contributed by atoms with van der Waals surface area (Å²) >= 11 is 0. The number of benzene rings is 4. The molecule has 1 atom stereocenters. The summed E-state index contributed by atoms with van der Waals surface area (Å²) in [5.41, 5.74) is 2.99. The van der Waals surface area contributed by atoms with Gasteiger partial charge >= 0.3 is 5.97 Å². The standard InChI is InChI=1S/C30H27NO3/c1-22-12-11-13-23(20-22)21-27(28(32)33)31-29(34)30(24-14-5-2-6-15-24,25-16-7-3-8-17-25)26-18-9-4-10-19-26/h2-20,27H,21H2,1H3,(H,31,34)(H,32,33)/t27-/m1/s1. The molecular weight excluding hydrogens is 422 g/mol. The molecule has 34 heavy (non-hydrogen) atoms. The van der Waals surface area contributed by atoms with Crippen molar-refractivity contribution in [1.82, 2.24) is 5.32 Å². The van der Waals surface area contributed by atoms with Crippen LogP contribution >= 0.6 is 0 Å².